The fraction of sp³-hybridized carbons (Fsp3) is 0.389. The Morgan fingerprint density at radius 3 is 2.52 bits per heavy atom. The summed E-state index contributed by atoms with van der Waals surface area (Å²) in [5.74, 6) is 0.934. The summed E-state index contributed by atoms with van der Waals surface area (Å²) >= 11 is 0. The highest BCUT2D eigenvalue weighted by molar-refractivity contribution is 5.45. The van der Waals surface area contributed by atoms with E-state index in [-0.39, 0.29) is 6.04 Å². The molecule has 112 valence electrons. The Balaban J connectivity index is 2.50. The van der Waals surface area contributed by atoms with Crippen LogP contribution >= 0.6 is 0 Å². The number of aromatic nitrogens is 1. The molecule has 0 radical (unpaired) electrons. The average molecular weight is 284 g/mol. The molecule has 21 heavy (non-hydrogen) atoms. The van der Waals surface area contributed by atoms with E-state index in [1.54, 1.807) is 7.11 Å². The third-order valence-corrected chi connectivity index (χ3v) is 3.74. The molecule has 0 spiro atoms. The number of methoxy groups -OCH3 is 1. The van der Waals surface area contributed by atoms with Gasteiger partial charge in [0.05, 0.1) is 18.8 Å². The topological polar surface area (TPSA) is 34.2 Å². The molecule has 3 heteroatoms. The smallest absolute Gasteiger partial charge is 0.122 e. The summed E-state index contributed by atoms with van der Waals surface area (Å²) in [6.07, 6.45) is 1.88. The minimum absolute atomic E-state index is 0.111. The van der Waals surface area contributed by atoms with Crippen LogP contribution in [0.25, 0.3) is 0 Å². The number of pyridine rings is 1. The molecule has 0 aliphatic rings. The summed E-state index contributed by atoms with van der Waals surface area (Å²) in [4.78, 5) is 4.55. The van der Waals surface area contributed by atoms with E-state index in [1.807, 2.05) is 12.3 Å². The predicted octanol–water partition coefficient (Wildman–Crippen LogP) is 3.71. The molecule has 0 saturated carbocycles. The third kappa shape index (κ3) is 3.42. The average Bonchev–Trinajstić information content (AvgIpc) is 2.47. The lowest BCUT2D eigenvalue weighted by atomic mass is 9.95. The van der Waals surface area contributed by atoms with Gasteiger partial charge in [0.15, 0.2) is 0 Å². The van der Waals surface area contributed by atoms with Crippen LogP contribution < -0.4 is 10.1 Å². The zero-order chi connectivity index (χ0) is 15.4. The maximum atomic E-state index is 5.41. The van der Waals surface area contributed by atoms with Gasteiger partial charge in [0, 0.05) is 6.20 Å². The van der Waals surface area contributed by atoms with Crippen molar-refractivity contribution in [3.8, 4) is 5.75 Å². The van der Waals surface area contributed by atoms with Gasteiger partial charge in [-0.2, -0.15) is 0 Å². The predicted molar refractivity (Wildman–Crippen MR) is 87.0 cm³/mol. The van der Waals surface area contributed by atoms with Crippen LogP contribution in [-0.2, 0) is 0 Å². The number of hydrogen-bond acceptors (Lipinski definition) is 3. The van der Waals surface area contributed by atoms with Crippen LogP contribution in [0.1, 0.15) is 40.9 Å². The van der Waals surface area contributed by atoms with Crippen molar-refractivity contribution in [2.75, 3.05) is 13.7 Å². The van der Waals surface area contributed by atoms with Gasteiger partial charge in [0.25, 0.3) is 0 Å². The van der Waals surface area contributed by atoms with Crippen LogP contribution in [0.4, 0.5) is 0 Å². The Hall–Kier alpha value is -1.87. The molecule has 1 N–H and O–H groups in total. The van der Waals surface area contributed by atoms with Crippen molar-refractivity contribution in [2.24, 2.45) is 0 Å². The Morgan fingerprint density at radius 1 is 1.14 bits per heavy atom. The number of aryl methyl sites for hydroxylation is 3. The number of nitrogens with zero attached hydrogens (tertiary/aromatic N) is 1. The van der Waals surface area contributed by atoms with Crippen LogP contribution in [0.2, 0.25) is 0 Å². The first kappa shape index (κ1) is 15.5. The molecule has 0 fully saturated rings. The maximum absolute atomic E-state index is 5.41. The lowest BCUT2D eigenvalue weighted by molar-refractivity contribution is 0.411. The number of hydrogen-bond donors (Lipinski definition) is 1. The van der Waals surface area contributed by atoms with Crippen LogP contribution in [0.3, 0.4) is 0 Å². The summed E-state index contributed by atoms with van der Waals surface area (Å²) in [6, 6.07) is 8.58. The van der Waals surface area contributed by atoms with Gasteiger partial charge >= 0.3 is 0 Å². The first-order valence-corrected chi connectivity index (χ1v) is 7.37. The molecule has 1 heterocycles. The van der Waals surface area contributed by atoms with Gasteiger partial charge in [0.2, 0.25) is 0 Å². The van der Waals surface area contributed by atoms with Gasteiger partial charge in [-0.15, -0.1) is 0 Å². The van der Waals surface area contributed by atoms with Crippen molar-refractivity contribution in [1.82, 2.24) is 10.3 Å². The fourth-order valence-electron chi connectivity index (χ4n) is 2.64. The molecule has 1 aromatic carbocycles. The Labute approximate surface area is 127 Å². The number of benzene rings is 1. The van der Waals surface area contributed by atoms with Gasteiger partial charge in [0.1, 0.15) is 5.75 Å². The summed E-state index contributed by atoms with van der Waals surface area (Å²) in [7, 11) is 1.71. The number of rotatable bonds is 5. The largest absolute Gasteiger partial charge is 0.496 e. The zero-order valence-electron chi connectivity index (χ0n) is 13.5. The second kappa shape index (κ2) is 6.72. The first-order chi connectivity index (χ1) is 10.1. The minimum atomic E-state index is 0.111. The van der Waals surface area contributed by atoms with E-state index in [9.17, 15) is 0 Å². The molecule has 0 saturated heterocycles. The van der Waals surface area contributed by atoms with Crippen LogP contribution in [0.15, 0.2) is 30.5 Å². The van der Waals surface area contributed by atoms with Crippen molar-refractivity contribution in [1.29, 1.82) is 0 Å². The van der Waals surface area contributed by atoms with Crippen molar-refractivity contribution in [2.45, 2.75) is 33.7 Å². The molecular weight excluding hydrogens is 260 g/mol. The van der Waals surface area contributed by atoms with Crippen molar-refractivity contribution in [3.05, 3.63) is 58.4 Å². The van der Waals surface area contributed by atoms with Crippen molar-refractivity contribution < 1.29 is 4.74 Å². The fourth-order valence-corrected chi connectivity index (χ4v) is 2.64. The molecule has 2 aromatic rings. The second-order valence-electron chi connectivity index (χ2n) is 5.43. The van der Waals surface area contributed by atoms with Crippen LogP contribution in [0.5, 0.6) is 5.75 Å². The monoisotopic (exact) mass is 284 g/mol. The Bertz CT molecular complexity index is 623. The number of ether oxygens (including phenoxy) is 1. The second-order valence-corrected chi connectivity index (χ2v) is 5.43. The normalized spacial score (nSPS) is 12.2. The highest BCUT2D eigenvalue weighted by atomic mass is 16.5. The van der Waals surface area contributed by atoms with E-state index in [2.05, 4.69) is 56.2 Å². The molecule has 1 unspecified atom stereocenters. The van der Waals surface area contributed by atoms with Gasteiger partial charge < -0.3 is 10.1 Å². The molecule has 1 aromatic heterocycles. The van der Waals surface area contributed by atoms with Gasteiger partial charge in [-0.05, 0) is 67.8 Å². The molecule has 0 aliphatic heterocycles. The minimum Gasteiger partial charge on any atom is -0.496 e. The highest BCUT2D eigenvalue weighted by Crippen LogP contribution is 2.29. The highest BCUT2D eigenvalue weighted by Gasteiger charge is 2.18. The van der Waals surface area contributed by atoms with E-state index in [4.69, 9.17) is 4.74 Å². The maximum Gasteiger partial charge on any atom is 0.122 e. The van der Waals surface area contributed by atoms with Crippen molar-refractivity contribution in [3.63, 3.8) is 0 Å². The van der Waals surface area contributed by atoms with E-state index >= 15 is 0 Å². The molecule has 0 amide bonds. The van der Waals surface area contributed by atoms with Gasteiger partial charge in [-0.3, -0.25) is 4.98 Å². The lowest BCUT2D eigenvalue weighted by Crippen LogP contribution is -2.24. The standard InChI is InChI=1S/C18H24N2O/c1-6-19-18(16-9-12(2)7-8-20-16)15-10-14(4)17(21-5)11-13(15)3/h7-11,18-19H,6H2,1-5H3. The van der Waals surface area contributed by atoms with Gasteiger partial charge in [-0.25, -0.2) is 0 Å². The summed E-state index contributed by atoms with van der Waals surface area (Å²) < 4.78 is 5.41. The van der Waals surface area contributed by atoms with E-state index in [1.165, 1.54) is 16.7 Å². The van der Waals surface area contributed by atoms with Crippen LogP contribution in [-0.4, -0.2) is 18.6 Å². The first-order valence-electron chi connectivity index (χ1n) is 7.37. The van der Waals surface area contributed by atoms with E-state index in [0.717, 1.165) is 23.6 Å². The molecule has 0 aliphatic carbocycles. The van der Waals surface area contributed by atoms with E-state index < -0.39 is 0 Å². The molecular formula is C18H24N2O. The third-order valence-electron chi connectivity index (χ3n) is 3.74. The summed E-state index contributed by atoms with van der Waals surface area (Å²) in [6.45, 7) is 9.31. The Kier molecular flexibility index (Phi) is 4.97. The van der Waals surface area contributed by atoms with E-state index in [0.29, 0.717) is 0 Å². The Morgan fingerprint density at radius 2 is 1.90 bits per heavy atom. The quantitative estimate of drug-likeness (QED) is 0.908. The molecule has 1 atom stereocenters. The molecule has 2 rings (SSSR count). The lowest BCUT2D eigenvalue weighted by Gasteiger charge is -2.22. The van der Waals surface area contributed by atoms with Gasteiger partial charge in [-0.1, -0.05) is 13.0 Å². The van der Waals surface area contributed by atoms with Crippen LogP contribution in [0, 0.1) is 20.8 Å². The number of nitrogens with one attached hydrogen (secondary N) is 1. The van der Waals surface area contributed by atoms with Crippen molar-refractivity contribution >= 4 is 0 Å². The zero-order valence-corrected chi connectivity index (χ0v) is 13.5. The summed E-state index contributed by atoms with van der Waals surface area (Å²) in [5, 5.41) is 3.54. The molecule has 3 nitrogen and oxygen atoms in total. The summed E-state index contributed by atoms with van der Waals surface area (Å²) in [5.41, 5.74) is 5.91. The SMILES string of the molecule is CCNC(c1cc(C)ccn1)c1cc(C)c(OC)cc1C. The molecule has 0 bridgehead atoms.